The molecular weight excluding hydrogens is 267 g/mol. The lowest BCUT2D eigenvalue weighted by molar-refractivity contribution is 0.268. The fourth-order valence-corrected chi connectivity index (χ4v) is 1.48. The van der Waals surface area contributed by atoms with Gasteiger partial charge in [0.2, 0.25) is 0 Å². The summed E-state index contributed by atoms with van der Waals surface area (Å²) in [5.41, 5.74) is 12.7. The normalized spacial score (nSPS) is 12.9. The van der Waals surface area contributed by atoms with E-state index in [4.69, 9.17) is 16.6 Å². The van der Waals surface area contributed by atoms with Crippen LogP contribution in [0.1, 0.15) is 11.6 Å². The molecule has 0 fully saturated rings. The Morgan fingerprint density at radius 1 is 1.50 bits per heavy atom. The van der Waals surface area contributed by atoms with E-state index in [1.54, 1.807) is 6.07 Å². The first-order valence-corrected chi connectivity index (χ1v) is 4.64. The molecule has 1 atom stereocenters. The van der Waals surface area contributed by atoms with E-state index in [1.807, 2.05) is 12.1 Å². The van der Waals surface area contributed by atoms with Gasteiger partial charge in [-0.05, 0) is 46.4 Å². The Hall–Kier alpha value is -0.330. The molecule has 0 saturated carbocycles. The van der Waals surface area contributed by atoms with Crippen molar-refractivity contribution < 1.29 is 5.11 Å². The van der Waals surface area contributed by atoms with E-state index in [0.29, 0.717) is 5.69 Å². The highest BCUT2D eigenvalue weighted by Gasteiger charge is 2.07. The first-order valence-electron chi connectivity index (χ1n) is 3.56. The van der Waals surface area contributed by atoms with Crippen molar-refractivity contribution in [2.75, 3.05) is 12.3 Å². The van der Waals surface area contributed by atoms with Crippen LogP contribution in [-0.4, -0.2) is 11.7 Å². The predicted molar refractivity (Wildman–Crippen MR) is 57.6 cm³/mol. The van der Waals surface area contributed by atoms with Crippen LogP contribution >= 0.6 is 22.6 Å². The third-order valence-corrected chi connectivity index (χ3v) is 2.32. The molecule has 1 aromatic carbocycles. The van der Waals surface area contributed by atoms with Crippen molar-refractivity contribution >= 4 is 28.3 Å². The monoisotopic (exact) mass is 278 g/mol. The van der Waals surface area contributed by atoms with Crippen molar-refractivity contribution in [1.82, 2.24) is 0 Å². The molecule has 66 valence electrons. The molecule has 1 rings (SSSR count). The molecule has 3 nitrogen and oxygen atoms in total. The second kappa shape index (κ2) is 4.06. The number of nitrogens with two attached hydrogens (primary N) is 2. The van der Waals surface area contributed by atoms with Crippen molar-refractivity contribution in [3.05, 3.63) is 27.3 Å². The van der Waals surface area contributed by atoms with E-state index < -0.39 is 0 Å². The average Bonchev–Trinajstić information content (AvgIpc) is 2.08. The SMILES string of the molecule is Nc1ccc(I)cc1[C@H](N)CO. The number of hydrogen-bond acceptors (Lipinski definition) is 3. The molecule has 0 aliphatic carbocycles. The minimum atomic E-state index is -0.375. The fourth-order valence-electron chi connectivity index (χ4n) is 0.965. The van der Waals surface area contributed by atoms with Gasteiger partial charge in [-0.1, -0.05) is 0 Å². The van der Waals surface area contributed by atoms with Crippen LogP contribution in [0.15, 0.2) is 18.2 Å². The van der Waals surface area contributed by atoms with Gasteiger partial charge in [0.25, 0.3) is 0 Å². The van der Waals surface area contributed by atoms with Crippen molar-refractivity contribution in [3.63, 3.8) is 0 Å². The Morgan fingerprint density at radius 2 is 2.17 bits per heavy atom. The topological polar surface area (TPSA) is 72.3 Å². The van der Waals surface area contributed by atoms with Crippen LogP contribution in [-0.2, 0) is 0 Å². The van der Waals surface area contributed by atoms with Crippen molar-refractivity contribution in [1.29, 1.82) is 0 Å². The highest BCUT2D eigenvalue weighted by Crippen LogP contribution is 2.20. The minimum absolute atomic E-state index is 0.0791. The van der Waals surface area contributed by atoms with Gasteiger partial charge in [0.05, 0.1) is 12.6 Å². The zero-order chi connectivity index (χ0) is 9.14. The van der Waals surface area contributed by atoms with E-state index in [9.17, 15) is 0 Å². The molecule has 1 aromatic rings. The van der Waals surface area contributed by atoms with Gasteiger partial charge in [-0.2, -0.15) is 0 Å². The van der Waals surface area contributed by atoms with Gasteiger partial charge in [0, 0.05) is 9.26 Å². The Balaban J connectivity index is 3.04. The summed E-state index contributed by atoms with van der Waals surface area (Å²) in [7, 11) is 0. The van der Waals surface area contributed by atoms with E-state index in [1.165, 1.54) is 0 Å². The summed E-state index contributed by atoms with van der Waals surface area (Å²) < 4.78 is 1.07. The van der Waals surface area contributed by atoms with Crippen LogP contribution in [0.25, 0.3) is 0 Å². The highest BCUT2D eigenvalue weighted by molar-refractivity contribution is 14.1. The standard InChI is InChI=1S/C8H11IN2O/c9-5-1-2-7(10)6(3-5)8(11)4-12/h1-3,8,12H,4,10-11H2/t8-/m1/s1. The molecule has 0 radical (unpaired) electrons. The van der Waals surface area contributed by atoms with Crippen molar-refractivity contribution in [3.8, 4) is 0 Å². The zero-order valence-electron chi connectivity index (χ0n) is 6.50. The quantitative estimate of drug-likeness (QED) is 0.555. The summed E-state index contributed by atoms with van der Waals surface area (Å²) in [4.78, 5) is 0. The summed E-state index contributed by atoms with van der Waals surface area (Å²) in [5, 5.41) is 8.82. The van der Waals surface area contributed by atoms with Crippen LogP contribution in [0.5, 0.6) is 0 Å². The van der Waals surface area contributed by atoms with Gasteiger partial charge in [0.1, 0.15) is 0 Å². The lowest BCUT2D eigenvalue weighted by atomic mass is 10.1. The summed E-state index contributed by atoms with van der Waals surface area (Å²) in [6.45, 7) is -0.0791. The largest absolute Gasteiger partial charge is 0.398 e. The molecule has 0 aliphatic heterocycles. The number of rotatable bonds is 2. The molecule has 12 heavy (non-hydrogen) atoms. The summed E-state index contributed by atoms with van der Waals surface area (Å²) >= 11 is 2.18. The van der Waals surface area contributed by atoms with Crippen LogP contribution in [0.2, 0.25) is 0 Å². The van der Waals surface area contributed by atoms with E-state index in [0.717, 1.165) is 9.13 Å². The number of aliphatic hydroxyl groups excluding tert-OH is 1. The number of benzene rings is 1. The molecule has 0 amide bonds. The third-order valence-electron chi connectivity index (χ3n) is 1.65. The molecule has 0 saturated heterocycles. The average molecular weight is 278 g/mol. The molecule has 0 heterocycles. The minimum Gasteiger partial charge on any atom is -0.398 e. The van der Waals surface area contributed by atoms with Crippen LogP contribution in [0.3, 0.4) is 0 Å². The second-order valence-electron chi connectivity index (χ2n) is 2.56. The lowest BCUT2D eigenvalue weighted by Gasteiger charge is -2.11. The third kappa shape index (κ3) is 2.09. The maximum absolute atomic E-state index is 8.82. The van der Waals surface area contributed by atoms with Crippen molar-refractivity contribution in [2.24, 2.45) is 5.73 Å². The molecule has 5 N–H and O–H groups in total. The number of hydrogen-bond donors (Lipinski definition) is 3. The number of halogens is 1. The van der Waals surface area contributed by atoms with Gasteiger partial charge >= 0.3 is 0 Å². The molecule has 0 aliphatic rings. The van der Waals surface area contributed by atoms with Crippen molar-refractivity contribution in [2.45, 2.75) is 6.04 Å². The molecule has 0 aromatic heterocycles. The van der Waals surface area contributed by atoms with Gasteiger partial charge in [0.15, 0.2) is 0 Å². The van der Waals surface area contributed by atoms with Crippen LogP contribution in [0, 0.1) is 3.57 Å². The summed E-state index contributed by atoms with van der Waals surface area (Å²) in [5.74, 6) is 0. The Kier molecular flexibility index (Phi) is 3.30. The smallest absolute Gasteiger partial charge is 0.0625 e. The predicted octanol–water partition coefficient (Wildman–Crippen LogP) is 0.866. The molecule has 0 spiro atoms. The van der Waals surface area contributed by atoms with Gasteiger partial charge in [-0.15, -0.1) is 0 Å². The number of anilines is 1. The van der Waals surface area contributed by atoms with E-state index >= 15 is 0 Å². The summed E-state index contributed by atoms with van der Waals surface area (Å²) in [6.07, 6.45) is 0. The Bertz CT molecular complexity index is 278. The number of nitrogen functional groups attached to an aromatic ring is 1. The lowest BCUT2D eigenvalue weighted by Crippen LogP contribution is -2.16. The second-order valence-corrected chi connectivity index (χ2v) is 3.81. The maximum Gasteiger partial charge on any atom is 0.0625 e. The molecule has 4 heteroatoms. The molecule has 0 unspecified atom stereocenters. The Labute approximate surface area is 84.9 Å². The molecular formula is C8H11IN2O. The fraction of sp³-hybridized carbons (Fsp3) is 0.250. The number of aliphatic hydroxyl groups is 1. The maximum atomic E-state index is 8.82. The highest BCUT2D eigenvalue weighted by atomic mass is 127. The van der Waals surface area contributed by atoms with Gasteiger partial charge in [-0.3, -0.25) is 0 Å². The van der Waals surface area contributed by atoms with Gasteiger partial charge < -0.3 is 16.6 Å². The van der Waals surface area contributed by atoms with E-state index in [2.05, 4.69) is 22.6 Å². The van der Waals surface area contributed by atoms with E-state index in [-0.39, 0.29) is 12.6 Å². The van der Waals surface area contributed by atoms with Gasteiger partial charge in [-0.25, -0.2) is 0 Å². The first-order chi connectivity index (χ1) is 5.65. The Morgan fingerprint density at radius 3 is 2.75 bits per heavy atom. The zero-order valence-corrected chi connectivity index (χ0v) is 8.65. The first kappa shape index (κ1) is 9.76. The van der Waals surface area contributed by atoms with Crippen LogP contribution in [0.4, 0.5) is 5.69 Å². The summed E-state index contributed by atoms with van der Waals surface area (Å²) in [6, 6.07) is 5.21. The molecule has 0 bridgehead atoms. The van der Waals surface area contributed by atoms with Crippen LogP contribution < -0.4 is 11.5 Å².